The second-order valence-electron chi connectivity index (χ2n) is 7.10. The van der Waals surface area contributed by atoms with Crippen LogP contribution in [-0.2, 0) is 16.1 Å². The summed E-state index contributed by atoms with van der Waals surface area (Å²) in [4.78, 5) is 28.4. The van der Waals surface area contributed by atoms with Crippen LogP contribution in [0, 0.1) is 6.92 Å². The van der Waals surface area contributed by atoms with E-state index in [-0.39, 0.29) is 17.9 Å². The van der Waals surface area contributed by atoms with Crippen LogP contribution in [0.25, 0.3) is 0 Å². The summed E-state index contributed by atoms with van der Waals surface area (Å²) in [6, 6.07) is 17.5. The van der Waals surface area contributed by atoms with Crippen molar-refractivity contribution in [3.63, 3.8) is 0 Å². The van der Waals surface area contributed by atoms with Crippen molar-refractivity contribution in [1.29, 1.82) is 0 Å². The molecule has 0 aliphatic heterocycles. The molecule has 2 unspecified atom stereocenters. The van der Waals surface area contributed by atoms with Crippen molar-refractivity contribution in [2.45, 2.75) is 57.6 Å². The normalized spacial score (nSPS) is 12.9. The van der Waals surface area contributed by atoms with Crippen molar-refractivity contribution >= 4 is 23.6 Å². The van der Waals surface area contributed by atoms with Crippen molar-refractivity contribution < 1.29 is 9.59 Å². The summed E-state index contributed by atoms with van der Waals surface area (Å²) in [5.41, 5.74) is 2.20. The van der Waals surface area contributed by atoms with Gasteiger partial charge in [0, 0.05) is 17.5 Å². The fourth-order valence-electron chi connectivity index (χ4n) is 2.69. The van der Waals surface area contributed by atoms with E-state index < -0.39 is 6.04 Å². The lowest BCUT2D eigenvalue weighted by atomic mass is 10.1. The molecule has 2 amide bonds. The Kier molecular flexibility index (Phi) is 8.58. The molecule has 2 aromatic carbocycles. The highest BCUT2D eigenvalue weighted by Crippen LogP contribution is 2.20. The molecule has 0 spiro atoms. The summed E-state index contributed by atoms with van der Waals surface area (Å²) in [6.45, 7) is 8.26. The Balaban J connectivity index is 2.10. The third kappa shape index (κ3) is 6.71. The van der Waals surface area contributed by atoms with E-state index in [1.807, 2.05) is 75.4 Å². The Labute approximate surface area is 172 Å². The summed E-state index contributed by atoms with van der Waals surface area (Å²) >= 11 is 1.50. The third-order valence-electron chi connectivity index (χ3n) is 4.75. The molecule has 0 saturated heterocycles. The van der Waals surface area contributed by atoms with E-state index >= 15 is 0 Å². The molecule has 2 rings (SSSR count). The molecule has 2 aromatic rings. The molecular weight excluding hydrogens is 368 g/mol. The lowest BCUT2D eigenvalue weighted by Gasteiger charge is -2.29. The van der Waals surface area contributed by atoms with Crippen molar-refractivity contribution in [2.75, 3.05) is 5.75 Å². The van der Waals surface area contributed by atoms with E-state index in [1.165, 1.54) is 17.3 Å². The molecule has 4 nitrogen and oxygen atoms in total. The number of nitrogens with zero attached hydrogens (tertiary/aromatic N) is 1. The minimum Gasteiger partial charge on any atom is -0.352 e. The maximum atomic E-state index is 13.0. The lowest BCUT2D eigenvalue weighted by Crippen LogP contribution is -2.50. The first kappa shape index (κ1) is 22.0. The zero-order valence-electron chi connectivity index (χ0n) is 17.1. The SMILES string of the molecule is CCC(C)NC(=O)C(C)N(Cc1ccccc1)C(=O)CSc1ccc(C)cc1. The number of amides is 2. The van der Waals surface area contributed by atoms with Gasteiger partial charge in [-0.05, 0) is 44.9 Å². The van der Waals surface area contributed by atoms with Gasteiger partial charge in [0.15, 0.2) is 0 Å². The molecule has 2 atom stereocenters. The van der Waals surface area contributed by atoms with E-state index in [2.05, 4.69) is 5.32 Å². The summed E-state index contributed by atoms with van der Waals surface area (Å²) in [7, 11) is 0. The number of rotatable bonds is 9. The van der Waals surface area contributed by atoms with Gasteiger partial charge in [-0.25, -0.2) is 0 Å². The topological polar surface area (TPSA) is 49.4 Å². The number of aryl methyl sites for hydroxylation is 1. The van der Waals surface area contributed by atoms with Crippen LogP contribution in [0.3, 0.4) is 0 Å². The molecule has 1 N–H and O–H groups in total. The molecule has 0 saturated carbocycles. The van der Waals surface area contributed by atoms with Gasteiger partial charge in [0.1, 0.15) is 6.04 Å². The maximum Gasteiger partial charge on any atom is 0.242 e. The quantitative estimate of drug-likeness (QED) is 0.636. The van der Waals surface area contributed by atoms with Gasteiger partial charge in [0.25, 0.3) is 0 Å². The van der Waals surface area contributed by atoms with E-state index in [0.717, 1.165) is 16.9 Å². The largest absolute Gasteiger partial charge is 0.352 e. The first-order valence-electron chi connectivity index (χ1n) is 9.74. The maximum absolute atomic E-state index is 13.0. The molecule has 150 valence electrons. The number of carbonyl (C=O) groups is 2. The molecule has 0 aliphatic rings. The summed E-state index contributed by atoms with van der Waals surface area (Å²) in [5.74, 6) is 0.150. The highest BCUT2D eigenvalue weighted by Gasteiger charge is 2.26. The summed E-state index contributed by atoms with van der Waals surface area (Å²) < 4.78 is 0. The monoisotopic (exact) mass is 398 g/mol. The van der Waals surface area contributed by atoms with E-state index in [4.69, 9.17) is 0 Å². The molecule has 0 fully saturated rings. The van der Waals surface area contributed by atoms with E-state index in [0.29, 0.717) is 12.3 Å². The number of hydrogen-bond acceptors (Lipinski definition) is 3. The summed E-state index contributed by atoms with van der Waals surface area (Å²) in [6.07, 6.45) is 0.856. The number of nitrogens with one attached hydrogen (secondary N) is 1. The molecule has 0 aromatic heterocycles. The van der Waals surface area contributed by atoms with Gasteiger partial charge in [0.2, 0.25) is 11.8 Å². The predicted octanol–water partition coefficient (Wildman–Crippen LogP) is 4.42. The van der Waals surface area contributed by atoms with Crippen molar-refractivity contribution in [1.82, 2.24) is 10.2 Å². The van der Waals surface area contributed by atoms with Crippen molar-refractivity contribution in [3.05, 3.63) is 65.7 Å². The highest BCUT2D eigenvalue weighted by atomic mass is 32.2. The molecule has 0 bridgehead atoms. The number of carbonyl (C=O) groups excluding carboxylic acids is 2. The second-order valence-corrected chi connectivity index (χ2v) is 8.15. The second kappa shape index (κ2) is 10.9. The first-order chi connectivity index (χ1) is 13.4. The molecule has 5 heteroatoms. The summed E-state index contributed by atoms with van der Waals surface area (Å²) in [5, 5.41) is 2.99. The molecule has 0 radical (unpaired) electrons. The van der Waals surface area contributed by atoms with Crippen LogP contribution >= 0.6 is 11.8 Å². The van der Waals surface area contributed by atoms with Crippen LogP contribution in [-0.4, -0.2) is 34.6 Å². The standard InChI is InChI=1S/C23H30N2O2S/c1-5-18(3)24-23(27)19(4)25(15-20-9-7-6-8-10-20)22(26)16-28-21-13-11-17(2)12-14-21/h6-14,18-19H,5,15-16H2,1-4H3,(H,24,27). The van der Waals surface area contributed by atoms with Crippen LogP contribution in [0.2, 0.25) is 0 Å². The number of benzene rings is 2. The van der Waals surface area contributed by atoms with Crippen LogP contribution in [0.1, 0.15) is 38.3 Å². The average Bonchev–Trinajstić information content (AvgIpc) is 2.71. The third-order valence-corrected chi connectivity index (χ3v) is 5.74. The fourth-order valence-corrected chi connectivity index (χ4v) is 3.48. The van der Waals surface area contributed by atoms with Gasteiger partial charge >= 0.3 is 0 Å². The van der Waals surface area contributed by atoms with Crippen LogP contribution in [0.4, 0.5) is 0 Å². The van der Waals surface area contributed by atoms with Crippen molar-refractivity contribution in [2.24, 2.45) is 0 Å². The van der Waals surface area contributed by atoms with Gasteiger partial charge in [-0.15, -0.1) is 11.8 Å². The average molecular weight is 399 g/mol. The first-order valence-corrected chi connectivity index (χ1v) is 10.7. The predicted molar refractivity (Wildman–Crippen MR) is 116 cm³/mol. The zero-order chi connectivity index (χ0) is 20.5. The Bertz CT molecular complexity index is 762. The molecular formula is C23H30N2O2S. The molecule has 28 heavy (non-hydrogen) atoms. The van der Waals surface area contributed by atoms with Crippen LogP contribution < -0.4 is 5.32 Å². The highest BCUT2D eigenvalue weighted by molar-refractivity contribution is 8.00. The molecule has 0 heterocycles. The van der Waals surface area contributed by atoms with E-state index in [1.54, 1.807) is 11.8 Å². The van der Waals surface area contributed by atoms with Crippen LogP contribution in [0.15, 0.2) is 59.5 Å². The van der Waals surface area contributed by atoms with Gasteiger partial charge in [-0.3, -0.25) is 9.59 Å². The lowest BCUT2D eigenvalue weighted by molar-refractivity contribution is -0.138. The minimum atomic E-state index is -0.527. The zero-order valence-corrected chi connectivity index (χ0v) is 18.0. The Hall–Kier alpha value is -2.27. The van der Waals surface area contributed by atoms with Gasteiger partial charge < -0.3 is 10.2 Å². The van der Waals surface area contributed by atoms with E-state index in [9.17, 15) is 9.59 Å². The Morgan fingerprint density at radius 2 is 1.68 bits per heavy atom. The smallest absolute Gasteiger partial charge is 0.242 e. The fraction of sp³-hybridized carbons (Fsp3) is 0.391. The van der Waals surface area contributed by atoms with Gasteiger partial charge in [-0.1, -0.05) is 55.0 Å². The number of thioether (sulfide) groups is 1. The van der Waals surface area contributed by atoms with Crippen LogP contribution in [0.5, 0.6) is 0 Å². The van der Waals surface area contributed by atoms with Crippen molar-refractivity contribution in [3.8, 4) is 0 Å². The Morgan fingerprint density at radius 3 is 2.29 bits per heavy atom. The van der Waals surface area contributed by atoms with Gasteiger partial charge in [0.05, 0.1) is 5.75 Å². The number of hydrogen-bond donors (Lipinski definition) is 1. The molecule has 0 aliphatic carbocycles. The Morgan fingerprint density at radius 1 is 1.04 bits per heavy atom. The van der Waals surface area contributed by atoms with Gasteiger partial charge in [-0.2, -0.15) is 0 Å². The minimum absolute atomic E-state index is 0.0405.